The van der Waals surface area contributed by atoms with E-state index in [2.05, 4.69) is 17.6 Å². The van der Waals surface area contributed by atoms with E-state index < -0.39 is 35.7 Å². The van der Waals surface area contributed by atoms with E-state index in [0.717, 1.165) is 6.07 Å². The summed E-state index contributed by atoms with van der Waals surface area (Å²) >= 11 is 4.24. The fraction of sp³-hybridized carbons (Fsp3) is 0.467. The van der Waals surface area contributed by atoms with Gasteiger partial charge in [0.25, 0.3) is 0 Å². The Balaban J connectivity index is 2.38. The molecule has 0 saturated carbocycles. The van der Waals surface area contributed by atoms with E-state index in [9.17, 15) is 9.18 Å². The molecule has 0 radical (unpaired) electrons. The summed E-state index contributed by atoms with van der Waals surface area (Å²) in [5.74, 6) is -1.98. The molecule has 2 heterocycles. The van der Waals surface area contributed by atoms with Crippen LogP contribution < -0.4 is 0 Å². The molecule has 0 amide bonds. The largest absolute Gasteiger partial charge is 0.491 e. The first-order valence-corrected chi connectivity index (χ1v) is 7.77. The lowest BCUT2D eigenvalue weighted by atomic mass is 9.78. The zero-order chi connectivity index (χ0) is 17.4. The smallest absolute Gasteiger partial charge is 0.478 e. The van der Waals surface area contributed by atoms with Gasteiger partial charge in [0.05, 0.1) is 22.5 Å². The quantitative estimate of drug-likeness (QED) is 0.652. The Morgan fingerprint density at radius 2 is 1.96 bits per heavy atom. The van der Waals surface area contributed by atoms with Crippen molar-refractivity contribution in [2.75, 3.05) is 5.75 Å². The second-order valence-electron chi connectivity index (χ2n) is 6.33. The van der Waals surface area contributed by atoms with Gasteiger partial charge in [-0.2, -0.15) is 12.6 Å². The number of nitrogens with zero attached hydrogens (tertiary/aromatic N) is 1. The third kappa shape index (κ3) is 3.44. The van der Waals surface area contributed by atoms with Crippen LogP contribution in [0.1, 0.15) is 43.7 Å². The standard InChI is InChI=1S/C15H19BFNO4S/c1-14(2)15(3,4)22-16(21-14)9(8-23)7-11-12(17)10(13(19)20)5-6-18-11/h5-7,23H,8H2,1-4H3,(H,19,20). The van der Waals surface area contributed by atoms with E-state index in [1.54, 1.807) is 0 Å². The number of thiol groups is 1. The Morgan fingerprint density at radius 3 is 2.43 bits per heavy atom. The van der Waals surface area contributed by atoms with Gasteiger partial charge in [-0.1, -0.05) is 0 Å². The van der Waals surface area contributed by atoms with Crippen molar-refractivity contribution >= 4 is 31.8 Å². The van der Waals surface area contributed by atoms with Crippen LogP contribution in [0, 0.1) is 5.82 Å². The molecule has 23 heavy (non-hydrogen) atoms. The molecule has 1 saturated heterocycles. The molecule has 1 aromatic heterocycles. The molecule has 2 rings (SSSR count). The number of carboxylic acids is 1. The minimum absolute atomic E-state index is 0.0799. The Kier molecular flexibility index (Phi) is 4.89. The summed E-state index contributed by atoms with van der Waals surface area (Å²) in [5, 5.41) is 8.98. The highest BCUT2D eigenvalue weighted by Crippen LogP contribution is 2.39. The molecule has 8 heteroatoms. The van der Waals surface area contributed by atoms with Crippen LogP contribution in [0.2, 0.25) is 0 Å². The monoisotopic (exact) mass is 339 g/mol. The van der Waals surface area contributed by atoms with Gasteiger partial charge in [0.15, 0.2) is 5.82 Å². The summed E-state index contributed by atoms with van der Waals surface area (Å²) in [4.78, 5) is 14.9. The van der Waals surface area contributed by atoms with E-state index >= 15 is 0 Å². The van der Waals surface area contributed by atoms with Crippen molar-refractivity contribution in [3.05, 3.63) is 34.8 Å². The summed E-state index contributed by atoms with van der Waals surface area (Å²) in [6.07, 6.45) is 2.68. The maximum atomic E-state index is 14.2. The Hall–Kier alpha value is -1.38. The summed E-state index contributed by atoms with van der Waals surface area (Å²) in [6, 6.07) is 1.12. The molecular formula is C15H19BFNO4S. The average molecular weight is 339 g/mol. The van der Waals surface area contributed by atoms with Gasteiger partial charge in [-0.15, -0.1) is 0 Å². The highest BCUT2D eigenvalue weighted by Gasteiger charge is 2.52. The number of rotatable bonds is 4. The molecule has 1 aliphatic rings. The number of pyridine rings is 1. The summed E-state index contributed by atoms with van der Waals surface area (Å²) < 4.78 is 26.0. The Bertz CT molecular complexity index is 647. The molecule has 0 spiro atoms. The van der Waals surface area contributed by atoms with E-state index in [4.69, 9.17) is 14.4 Å². The van der Waals surface area contributed by atoms with Crippen molar-refractivity contribution in [2.45, 2.75) is 38.9 Å². The van der Waals surface area contributed by atoms with Crippen LogP contribution in [0.15, 0.2) is 17.7 Å². The number of carboxylic acid groups (broad SMARTS) is 1. The number of halogens is 1. The number of hydrogen-bond donors (Lipinski definition) is 2. The molecule has 5 nitrogen and oxygen atoms in total. The highest BCUT2D eigenvalue weighted by atomic mass is 32.1. The van der Waals surface area contributed by atoms with Gasteiger partial charge < -0.3 is 14.4 Å². The van der Waals surface area contributed by atoms with Crippen LogP contribution in [0.4, 0.5) is 4.39 Å². The molecule has 1 N–H and O–H groups in total. The Morgan fingerprint density at radius 1 is 1.39 bits per heavy atom. The summed E-state index contributed by atoms with van der Waals surface area (Å²) in [5.41, 5.74) is -1.01. The lowest BCUT2D eigenvalue weighted by Gasteiger charge is -2.32. The first-order valence-electron chi connectivity index (χ1n) is 7.14. The predicted octanol–water partition coefficient (Wildman–Crippen LogP) is 2.86. The zero-order valence-electron chi connectivity index (χ0n) is 13.5. The molecule has 0 unspecified atom stereocenters. The number of aromatic nitrogens is 1. The van der Waals surface area contributed by atoms with Gasteiger partial charge in [-0.05, 0) is 45.3 Å². The third-order valence-electron chi connectivity index (χ3n) is 4.21. The second-order valence-corrected chi connectivity index (χ2v) is 6.64. The molecule has 1 fully saturated rings. The number of carbonyl (C=O) groups is 1. The zero-order valence-corrected chi connectivity index (χ0v) is 14.4. The molecular weight excluding hydrogens is 320 g/mol. The van der Waals surface area contributed by atoms with Gasteiger partial charge in [0.1, 0.15) is 0 Å². The fourth-order valence-corrected chi connectivity index (χ4v) is 2.32. The van der Waals surface area contributed by atoms with Crippen LogP contribution in [0.5, 0.6) is 0 Å². The van der Waals surface area contributed by atoms with Gasteiger partial charge in [-0.3, -0.25) is 4.98 Å². The number of aromatic carboxylic acids is 1. The predicted molar refractivity (Wildman–Crippen MR) is 89.1 cm³/mol. The molecule has 0 aliphatic carbocycles. The molecule has 0 aromatic carbocycles. The second kappa shape index (κ2) is 6.26. The molecule has 124 valence electrons. The first kappa shape index (κ1) is 18.0. The normalized spacial score (nSPS) is 19.9. The maximum Gasteiger partial charge on any atom is 0.491 e. The third-order valence-corrected chi connectivity index (χ3v) is 4.57. The van der Waals surface area contributed by atoms with E-state index in [1.165, 1.54) is 12.3 Å². The lowest BCUT2D eigenvalue weighted by Crippen LogP contribution is -2.41. The van der Waals surface area contributed by atoms with Crippen LogP contribution in [0.25, 0.3) is 6.08 Å². The van der Waals surface area contributed by atoms with E-state index in [1.807, 2.05) is 27.7 Å². The van der Waals surface area contributed by atoms with E-state index in [0.29, 0.717) is 5.47 Å². The van der Waals surface area contributed by atoms with Gasteiger partial charge >= 0.3 is 13.1 Å². The topological polar surface area (TPSA) is 68.7 Å². The van der Waals surface area contributed by atoms with Crippen molar-refractivity contribution in [3.8, 4) is 0 Å². The van der Waals surface area contributed by atoms with Gasteiger partial charge in [-0.25, -0.2) is 9.18 Å². The highest BCUT2D eigenvalue weighted by molar-refractivity contribution is 7.80. The molecule has 1 aliphatic heterocycles. The van der Waals surface area contributed by atoms with Crippen molar-refractivity contribution in [2.24, 2.45) is 0 Å². The number of hydrogen-bond acceptors (Lipinski definition) is 5. The van der Waals surface area contributed by atoms with Crippen LogP contribution in [0.3, 0.4) is 0 Å². The first-order chi connectivity index (χ1) is 10.6. The van der Waals surface area contributed by atoms with Crippen molar-refractivity contribution < 1.29 is 23.6 Å². The van der Waals surface area contributed by atoms with Crippen molar-refractivity contribution in [1.29, 1.82) is 0 Å². The average Bonchev–Trinajstić information content (AvgIpc) is 2.65. The summed E-state index contributed by atoms with van der Waals surface area (Å²) in [7, 11) is -0.688. The minimum atomic E-state index is -1.34. The Labute approximate surface area is 140 Å². The molecule has 0 bridgehead atoms. The summed E-state index contributed by atoms with van der Waals surface area (Å²) in [6.45, 7) is 7.64. The molecule has 0 atom stereocenters. The van der Waals surface area contributed by atoms with Crippen LogP contribution in [-0.2, 0) is 9.31 Å². The van der Waals surface area contributed by atoms with Crippen LogP contribution in [-0.4, -0.2) is 40.1 Å². The van der Waals surface area contributed by atoms with Crippen LogP contribution >= 0.6 is 12.6 Å². The van der Waals surface area contributed by atoms with Gasteiger partial charge in [0, 0.05) is 11.9 Å². The van der Waals surface area contributed by atoms with Crippen molar-refractivity contribution in [3.63, 3.8) is 0 Å². The van der Waals surface area contributed by atoms with Crippen molar-refractivity contribution in [1.82, 2.24) is 4.98 Å². The lowest BCUT2D eigenvalue weighted by molar-refractivity contribution is 0.00578. The minimum Gasteiger partial charge on any atom is -0.478 e. The van der Waals surface area contributed by atoms with E-state index in [-0.39, 0.29) is 11.4 Å². The molecule has 1 aromatic rings. The fourth-order valence-electron chi connectivity index (χ4n) is 2.08. The SMILES string of the molecule is CC1(C)OB(C(=Cc2nccc(C(=O)O)c2F)CS)OC1(C)C. The maximum absolute atomic E-state index is 14.2. The van der Waals surface area contributed by atoms with Gasteiger partial charge in [0.2, 0.25) is 0 Å².